The van der Waals surface area contributed by atoms with Gasteiger partial charge in [-0.05, 0) is 79.1 Å². The molecule has 54 heavy (non-hydrogen) atoms. The zero-order valence-electron chi connectivity index (χ0n) is 31.2. The van der Waals surface area contributed by atoms with Gasteiger partial charge in [-0.3, -0.25) is 4.79 Å². The number of carbonyl (C=O) groups excluding carboxylic acids is 1. The highest BCUT2D eigenvalue weighted by Gasteiger charge is 2.28. The summed E-state index contributed by atoms with van der Waals surface area (Å²) in [6.45, 7) is 1.13. The molecule has 0 aliphatic carbocycles. The van der Waals surface area contributed by atoms with Crippen molar-refractivity contribution in [2.75, 3.05) is 54.1 Å². The number of anilines is 1. The lowest BCUT2D eigenvalue weighted by Gasteiger charge is -2.28. The van der Waals surface area contributed by atoms with Crippen molar-refractivity contribution in [1.29, 1.82) is 0 Å². The molecule has 2 aliphatic heterocycles. The van der Waals surface area contributed by atoms with Crippen LogP contribution in [0.2, 0.25) is 5.02 Å². The van der Waals surface area contributed by atoms with Gasteiger partial charge in [-0.15, -0.1) is 0 Å². The predicted octanol–water partition coefficient (Wildman–Crippen LogP) is 8.51. The van der Waals surface area contributed by atoms with Gasteiger partial charge in [-0.1, -0.05) is 42.1 Å². The third-order valence-corrected chi connectivity index (χ3v) is 9.59. The first-order chi connectivity index (χ1) is 26.3. The van der Waals surface area contributed by atoms with Crippen LogP contribution in [0.15, 0.2) is 71.9 Å². The molecule has 2 aliphatic rings. The summed E-state index contributed by atoms with van der Waals surface area (Å²) in [5.74, 6) is 4.05. The highest BCUT2D eigenvalue weighted by atomic mass is 35.5. The molecule has 2 heterocycles. The average Bonchev–Trinajstić information content (AvgIpc) is 3.70. The van der Waals surface area contributed by atoms with E-state index in [2.05, 4.69) is 15.8 Å². The molecule has 0 spiro atoms. The van der Waals surface area contributed by atoms with Crippen LogP contribution in [-0.2, 0) is 4.84 Å². The maximum absolute atomic E-state index is 12.7. The lowest BCUT2D eigenvalue weighted by atomic mass is 9.99. The standard InChI is InChI=1S/C41H46ClN3O9/c1-47-32-15-11-25(31-24-34(54-45-31)27-21-37(49-3)39(51-5)38(22-27)50-4)19-36(32)53-18-10-8-6-7-9-17-52-33-16-12-26(20-35(33)48-2)40-43-30-14-13-28(42)23-29(30)41(46)44-40/h11-16,19-23,34,40,43H,6-10,17-18,24H2,1-5H3,(H,44,46). The number of methoxy groups -OCH3 is 5. The molecular weight excluding hydrogens is 714 g/mol. The van der Waals surface area contributed by atoms with Crippen LogP contribution in [-0.4, -0.2) is 60.4 Å². The topological polar surface area (TPSA) is 127 Å². The third kappa shape index (κ3) is 8.82. The van der Waals surface area contributed by atoms with Gasteiger partial charge in [0.2, 0.25) is 5.75 Å². The van der Waals surface area contributed by atoms with Crippen LogP contribution in [0, 0.1) is 0 Å². The van der Waals surface area contributed by atoms with E-state index in [1.807, 2.05) is 48.5 Å². The van der Waals surface area contributed by atoms with Gasteiger partial charge in [0.05, 0.1) is 60.0 Å². The maximum atomic E-state index is 12.7. The number of hydrogen-bond donors (Lipinski definition) is 2. The lowest BCUT2D eigenvalue weighted by molar-refractivity contribution is 0.0853. The van der Waals surface area contributed by atoms with Gasteiger partial charge in [0.25, 0.3) is 5.91 Å². The normalized spacial score (nSPS) is 15.9. The predicted molar refractivity (Wildman–Crippen MR) is 206 cm³/mol. The number of amides is 1. The molecule has 2 atom stereocenters. The summed E-state index contributed by atoms with van der Waals surface area (Å²) >= 11 is 6.07. The van der Waals surface area contributed by atoms with Gasteiger partial charge < -0.3 is 48.6 Å². The summed E-state index contributed by atoms with van der Waals surface area (Å²) in [6, 6.07) is 20.5. The van der Waals surface area contributed by atoms with Gasteiger partial charge in [-0.2, -0.15) is 0 Å². The number of hydrogen-bond acceptors (Lipinski definition) is 11. The first-order valence-electron chi connectivity index (χ1n) is 17.9. The molecule has 12 nitrogen and oxygen atoms in total. The fourth-order valence-electron chi connectivity index (χ4n) is 6.46. The molecule has 0 aromatic heterocycles. The highest BCUT2D eigenvalue weighted by Crippen LogP contribution is 2.43. The van der Waals surface area contributed by atoms with Gasteiger partial charge in [0.1, 0.15) is 6.17 Å². The van der Waals surface area contributed by atoms with Crippen LogP contribution in [0.25, 0.3) is 0 Å². The second-order valence-electron chi connectivity index (χ2n) is 12.8. The Labute approximate surface area is 320 Å². The van der Waals surface area contributed by atoms with Crippen LogP contribution in [0.4, 0.5) is 5.69 Å². The summed E-state index contributed by atoms with van der Waals surface area (Å²) in [6.07, 6.45) is 4.76. The number of unbranched alkanes of at least 4 members (excludes halogenated alkanes) is 4. The fourth-order valence-corrected chi connectivity index (χ4v) is 6.63. The third-order valence-electron chi connectivity index (χ3n) is 9.35. The number of rotatable bonds is 18. The van der Waals surface area contributed by atoms with E-state index < -0.39 is 6.17 Å². The molecule has 4 aromatic carbocycles. The Balaban J connectivity index is 0.925. The lowest BCUT2D eigenvalue weighted by Crippen LogP contribution is -2.38. The second kappa shape index (κ2) is 18.0. The van der Waals surface area contributed by atoms with Crippen molar-refractivity contribution in [3.05, 3.63) is 94.0 Å². The van der Waals surface area contributed by atoms with Crippen LogP contribution in [0.1, 0.15) is 77.8 Å². The fraction of sp³-hybridized carbons (Fsp3) is 0.366. The summed E-state index contributed by atoms with van der Waals surface area (Å²) < 4.78 is 39.9. The Morgan fingerprint density at radius 1 is 0.667 bits per heavy atom. The minimum absolute atomic E-state index is 0.189. The Morgan fingerprint density at radius 3 is 2.00 bits per heavy atom. The molecule has 0 saturated heterocycles. The number of halogens is 1. The average molecular weight is 760 g/mol. The van der Waals surface area contributed by atoms with E-state index in [9.17, 15) is 4.79 Å². The molecule has 0 bridgehead atoms. The minimum atomic E-state index is -0.408. The molecule has 2 unspecified atom stereocenters. The van der Waals surface area contributed by atoms with E-state index in [1.165, 1.54) is 0 Å². The number of nitrogens with zero attached hydrogens (tertiary/aromatic N) is 1. The van der Waals surface area contributed by atoms with Crippen molar-refractivity contribution in [3.63, 3.8) is 0 Å². The van der Waals surface area contributed by atoms with Gasteiger partial charge >= 0.3 is 0 Å². The van der Waals surface area contributed by atoms with E-state index in [4.69, 9.17) is 49.6 Å². The Bertz CT molecular complexity index is 1950. The van der Waals surface area contributed by atoms with E-state index in [0.29, 0.717) is 70.5 Å². The van der Waals surface area contributed by atoms with E-state index >= 15 is 0 Å². The van der Waals surface area contributed by atoms with Crippen molar-refractivity contribution in [3.8, 4) is 40.2 Å². The Morgan fingerprint density at radius 2 is 1.31 bits per heavy atom. The molecule has 0 saturated carbocycles. The minimum Gasteiger partial charge on any atom is -0.493 e. The number of ether oxygens (including phenoxy) is 7. The summed E-state index contributed by atoms with van der Waals surface area (Å²) in [4.78, 5) is 18.5. The number of benzene rings is 4. The number of fused-ring (bicyclic) bond motifs is 1. The van der Waals surface area contributed by atoms with Crippen molar-refractivity contribution < 1.29 is 42.8 Å². The largest absolute Gasteiger partial charge is 0.493 e. The Hall–Kier alpha value is -5.49. The molecule has 1 amide bonds. The SMILES string of the molecule is COc1cc(C2NC(=O)c3cc(Cl)ccc3N2)ccc1OCCCCCCCOc1cc(C2=NOC(c3cc(OC)c(OC)c(OC)c3)C2)ccc1OC. The molecule has 0 radical (unpaired) electrons. The van der Waals surface area contributed by atoms with Crippen LogP contribution < -0.4 is 43.8 Å². The van der Waals surface area contributed by atoms with E-state index in [1.54, 1.807) is 53.7 Å². The van der Waals surface area contributed by atoms with Crippen LogP contribution in [0.5, 0.6) is 40.2 Å². The van der Waals surface area contributed by atoms with Crippen molar-refractivity contribution in [1.82, 2.24) is 5.32 Å². The summed E-state index contributed by atoms with van der Waals surface area (Å²) in [5, 5.41) is 11.2. The highest BCUT2D eigenvalue weighted by molar-refractivity contribution is 6.31. The van der Waals surface area contributed by atoms with Gasteiger partial charge in [0.15, 0.2) is 40.6 Å². The zero-order chi connectivity index (χ0) is 38.0. The molecule has 13 heteroatoms. The first-order valence-corrected chi connectivity index (χ1v) is 18.2. The summed E-state index contributed by atoms with van der Waals surface area (Å²) in [7, 11) is 7.99. The molecule has 0 fully saturated rings. The molecule has 2 N–H and O–H groups in total. The molecular formula is C41H46ClN3O9. The van der Waals surface area contributed by atoms with Gasteiger partial charge in [-0.25, -0.2) is 0 Å². The number of nitrogens with one attached hydrogen (secondary N) is 2. The molecule has 6 rings (SSSR count). The number of carbonyl (C=O) groups is 1. The van der Waals surface area contributed by atoms with E-state index in [-0.39, 0.29) is 12.0 Å². The number of oxime groups is 1. The van der Waals surface area contributed by atoms with Crippen LogP contribution in [0.3, 0.4) is 0 Å². The van der Waals surface area contributed by atoms with Crippen molar-refractivity contribution in [2.24, 2.45) is 5.16 Å². The molecule has 4 aromatic rings. The smallest absolute Gasteiger partial charge is 0.255 e. The van der Waals surface area contributed by atoms with Crippen molar-refractivity contribution in [2.45, 2.75) is 50.8 Å². The summed E-state index contributed by atoms with van der Waals surface area (Å²) in [5.41, 5.74) is 4.67. The second-order valence-corrected chi connectivity index (χ2v) is 13.2. The first kappa shape index (κ1) is 38.2. The zero-order valence-corrected chi connectivity index (χ0v) is 31.9. The quantitative estimate of drug-likeness (QED) is 0.0954. The van der Waals surface area contributed by atoms with E-state index in [0.717, 1.165) is 60.2 Å². The van der Waals surface area contributed by atoms with Crippen molar-refractivity contribution >= 4 is 28.9 Å². The monoisotopic (exact) mass is 759 g/mol. The Kier molecular flexibility index (Phi) is 12.8. The van der Waals surface area contributed by atoms with Crippen LogP contribution >= 0.6 is 11.6 Å². The maximum Gasteiger partial charge on any atom is 0.255 e. The van der Waals surface area contributed by atoms with Gasteiger partial charge in [0, 0.05) is 28.3 Å². The molecule has 286 valence electrons.